The summed E-state index contributed by atoms with van der Waals surface area (Å²) in [5, 5.41) is 1.08. The predicted molar refractivity (Wildman–Crippen MR) is 261 cm³/mol. The highest BCUT2D eigenvalue weighted by Crippen LogP contribution is 2.38. The smallest absolute Gasteiger partial charge is 0.124 e. The Morgan fingerprint density at radius 2 is 1.31 bits per heavy atom. The second kappa shape index (κ2) is 21.0. The summed E-state index contributed by atoms with van der Waals surface area (Å²) in [6.45, 7) is 20.0. The van der Waals surface area contributed by atoms with E-state index in [4.69, 9.17) is 4.98 Å². The van der Waals surface area contributed by atoms with Gasteiger partial charge >= 0.3 is 0 Å². The zero-order valence-electron chi connectivity index (χ0n) is 34.5. The molecule has 0 atom stereocenters. The number of aromatic nitrogens is 1. The number of para-hydroxylation sites is 1. The van der Waals surface area contributed by atoms with E-state index in [0.29, 0.717) is 0 Å². The van der Waals surface area contributed by atoms with Crippen LogP contribution < -0.4 is 9.80 Å². The summed E-state index contributed by atoms with van der Waals surface area (Å²) in [7, 11) is 0. The Labute approximate surface area is 359 Å². The van der Waals surface area contributed by atoms with Crippen molar-refractivity contribution >= 4 is 64.3 Å². The standard InChI is InChI=1S/C51H46N4S2.C2H6/c1-6-14-41(8-3)54(43-28-20-37(21-29-43)36-56-49-18-12-10-16-47(49)52-5)44-30-22-38(23-31-44)39-24-32-45(33-25-39)55(42(9-4)15-7-2)46-34-26-40(27-35-46)51-53-48-17-11-13-19-50(48)57-51;1-2/h6-10,12-16,18-35H,1,3,5,11,17,36H2,2,4H3;1-2H3/b15-7-,41-14+,42-9+;. The number of rotatable bonds is 15. The number of thiazole rings is 1. The number of aryl methyl sites for hydroxylation is 1. The fourth-order valence-corrected chi connectivity index (χ4v) is 8.92. The zero-order valence-corrected chi connectivity index (χ0v) is 36.1. The number of thioether (sulfide) groups is 1. The van der Waals surface area contributed by atoms with Crippen molar-refractivity contribution in [3.8, 4) is 21.7 Å². The van der Waals surface area contributed by atoms with Crippen molar-refractivity contribution in [1.82, 2.24) is 4.98 Å². The molecule has 1 heterocycles. The summed E-state index contributed by atoms with van der Waals surface area (Å²) in [4.78, 5) is 16.0. The van der Waals surface area contributed by atoms with E-state index in [1.165, 1.54) is 16.1 Å². The quantitative estimate of drug-likeness (QED) is 0.0587. The fraction of sp³-hybridized carbons (Fsp3) is 0.132. The highest BCUT2D eigenvalue weighted by atomic mass is 32.2. The molecule has 5 aromatic carbocycles. The van der Waals surface area contributed by atoms with Crippen molar-refractivity contribution in [2.45, 2.75) is 51.2 Å². The number of nitrogens with zero attached hydrogens (tertiary/aromatic N) is 4. The van der Waals surface area contributed by atoms with Crippen LogP contribution >= 0.6 is 23.1 Å². The van der Waals surface area contributed by atoms with E-state index in [1.807, 2.05) is 44.2 Å². The molecule has 1 aliphatic carbocycles. The Morgan fingerprint density at radius 3 is 1.83 bits per heavy atom. The van der Waals surface area contributed by atoms with Gasteiger partial charge in [0.1, 0.15) is 5.01 Å². The Morgan fingerprint density at radius 1 is 0.746 bits per heavy atom. The summed E-state index contributed by atoms with van der Waals surface area (Å²) in [6, 6.07) is 43.1. The van der Waals surface area contributed by atoms with Crippen LogP contribution in [0.4, 0.5) is 28.4 Å². The zero-order chi connectivity index (χ0) is 41.6. The Bertz CT molecular complexity index is 2470. The van der Waals surface area contributed by atoms with Gasteiger partial charge in [0.2, 0.25) is 0 Å². The highest BCUT2D eigenvalue weighted by Gasteiger charge is 2.17. The van der Waals surface area contributed by atoms with Gasteiger partial charge in [-0.2, -0.15) is 0 Å². The molecule has 0 bridgehead atoms. The molecule has 6 heteroatoms. The van der Waals surface area contributed by atoms with Gasteiger partial charge in [0.15, 0.2) is 0 Å². The van der Waals surface area contributed by atoms with Crippen LogP contribution in [-0.2, 0) is 12.2 Å². The second-order valence-corrected chi connectivity index (χ2v) is 15.5. The van der Waals surface area contributed by atoms with Crippen LogP contribution in [0, 0.1) is 0 Å². The number of fused-ring (bicyclic) bond motifs is 1. The van der Waals surface area contributed by atoms with E-state index in [-0.39, 0.29) is 0 Å². The van der Waals surface area contributed by atoms with Gasteiger partial charge in [-0.05, 0) is 147 Å². The topological polar surface area (TPSA) is 31.7 Å². The highest BCUT2D eigenvalue weighted by molar-refractivity contribution is 7.98. The van der Waals surface area contributed by atoms with E-state index in [0.717, 1.165) is 85.0 Å². The summed E-state index contributed by atoms with van der Waals surface area (Å²) in [6.07, 6.45) is 18.6. The first-order valence-electron chi connectivity index (χ1n) is 20.1. The first-order valence-corrected chi connectivity index (χ1v) is 21.9. The van der Waals surface area contributed by atoms with Gasteiger partial charge in [0, 0.05) is 50.4 Å². The minimum Gasteiger partial charge on any atom is -0.311 e. The molecule has 1 aromatic heterocycles. The molecule has 7 rings (SSSR count). The van der Waals surface area contributed by atoms with Crippen molar-refractivity contribution in [2.24, 2.45) is 4.99 Å². The summed E-state index contributed by atoms with van der Waals surface area (Å²) < 4.78 is 0. The maximum absolute atomic E-state index is 4.96. The van der Waals surface area contributed by atoms with Crippen molar-refractivity contribution in [3.63, 3.8) is 0 Å². The van der Waals surface area contributed by atoms with Crippen LogP contribution in [0.3, 0.4) is 0 Å². The maximum atomic E-state index is 4.96. The molecule has 59 heavy (non-hydrogen) atoms. The van der Waals surface area contributed by atoms with Gasteiger partial charge in [-0.15, -0.1) is 23.1 Å². The second-order valence-electron chi connectivity index (χ2n) is 13.4. The summed E-state index contributed by atoms with van der Waals surface area (Å²) >= 11 is 3.54. The van der Waals surface area contributed by atoms with Crippen molar-refractivity contribution in [2.75, 3.05) is 9.80 Å². The number of hydrogen-bond acceptors (Lipinski definition) is 6. The lowest BCUT2D eigenvalue weighted by atomic mass is 10.0. The van der Waals surface area contributed by atoms with Crippen LogP contribution in [0.1, 0.15) is 50.3 Å². The fourth-order valence-electron chi connectivity index (χ4n) is 6.90. The van der Waals surface area contributed by atoms with Crippen molar-refractivity contribution in [3.05, 3.63) is 205 Å². The number of anilines is 4. The molecule has 0 unspecified atom stereocenters. The van der Waals surface area contributed by atoms with E-state index in [9.17, 15) is 0 Å². The molecule has 0 saturated carbocycles. The van der Waals surface area contributed by atoms with Gasteiger partial charge in [-0.3, -0.25) is 4.99 Å². The lowest BCUT2D eigenvalue weighted by Crippen LogP contribution is -2.15. The maximum Gasteiger partial charge on any atom is 0.124 e. The number of allylic oxidation sites excluding steroid dienone is 7. The first kappa shape index (κ1) is 42.4. The largest absolute Gasteiger partial charge is 0.311 e. The summed E-state index contributed by atoms with van der Waals surface area (Å²) in [5.41, 5.74) is 13.1. The molecule has 4 nitrogen and oxygen atoms in total. The van der Waals surface area contributed by atoms with Gasteiger partial charge in [-0.1, -0.05) is 99.8 Å². The Balaban J connectivity index is 0.00000288. The van der Waals surface area contributed by atoms with Gasteiger partial charge in [0.05, 0.1) is 16.3 Å². The number of aliphatic imine (C=N–C) groups is 1. The van der Waals surface area contributed by atoms with Crippen LogP contribution in [-0.4, -0.2) is 11.7 Å². The SMILES string of the molecule is C=C/C=C(\C=C)N(c1ccc(CSc2ccccc2N=C)cc1)c1ccc(-c2ccc(N(C(/C=C\C)=C/C)c3ccc(-c4nc5c(s4)C=CCC5)cc3)cc2)cc1.CC. The molecular formula is C53H52N4S2. The van der Waals surface area contributed by atoms with E-state index in [1.54, 1.807) is 29.2 Å². The minimum atomic E-state index is 0.833. The van der Waals surface area contributed by atoms with E-state index < -0.39 is 0 Å². The molecule has 0 fully saturated rings. The van der Waals surface area contributed by atoms with E-state index in [2.05, 4.69) is 182 Å². The number of hydrogen-bond donors (Lipinski definition) is 0. The van der Waals surface area contributed by atoms with Gasteiger partial charge in [-0.25, -0.2) is 4.98 Å². The van der Waals surface area contributed by atoms with Crippen LogP contribution in [0.2, 0.25) is 0 Å². The minimum absolute atomic E-state index is 0.833. The lowest BCUT2D eigenvalue weighted by molar-refractivity contribution is 0.947. The predicted octanol–water partition coefficient (Wildman–Crippen LogP) is 16.1. The molecule has 0 aliphatic heterocycles. The van der Waals surface area contributed by atoms with Crippen molar-refractivity contribution < 1.29 is 0 Å². The molecule has 296 valence electrons. The normalized spacial score (nSPS) is 12.3. The monoisotopic (exact) mass is 808 g/mol. The average Bonchev–Trinajstić information content (AvgIpc) is 3.74. The van der Waals surface area contributed by atoms with E-state index >= 15 is 0 Å². The Hall–Kier alpha value is -6.21. The van der Waals surface area contributed by atoms with Crippen molar-refractivity contribution in [1.29, 1.82) is 0 Å². The molecule has 1 aliphatic rings. The Kier molecular flexibility index (Phi) is 15.1. The molecule has 0 spiro atoms. The molecular weight excluding hydrogens is 757 g/mol. The third-order valence-electron chi connectivity index (χ3n) is 9.77. The summed E-state index contributed by atoms with van der Waals surface area (Å²) in [5.74, 6) is 0.833. The third-order valence-corrected chi connectivity index (χ3v) is 12.0. The van der Waals surface area contributed by atoms with Gasteiger partial charge < -0.3 is 9.80 Å². The van der Waals surface area contributed by atoms with Crippen LogP contribution in [0.25, 0.3) is 27.8 Å². The lowest BCUT2D eigenvalue weighted by Gasteiger charge is -2.27. The molecule has 0 amide bonds. The van der Waals surface area contributed by atoms with Crippen LogP contribution in [0.5, 0.6) is 0 Å². The van der Waals surface area contributed by atoms with Crippen LogP contribution in [0.15, 0.2) is 198 Å². The number of benzene rings is 5. The average molecular weight is 809 g/mol. The molecule has 6 aromatic rings. The molecule has 0 saturated heterocycles. The van der Waals surface area contributed by atoms with Gasteiger partial charge in [0.25, 0.3) is 0 Å². The molecule has 0 N–H and O–H groups in total. The molecule has 0 radical (unpaired) electrons. The third kappa shape index (κ3) is 10.1. The first-order chi connectivity index (χ1) is 29.0.